The van der Waals surface area contributed by atoms with Crippen LogP contribution in [-0.2, 0) is 19.1 Å². The maximum atomic E-state index is 13.6. The van der Waals surface area contributed by atoms with E-state index in [-0.39, 0.29) is 5.82 Å². The van der Waals surface area contributed by atoms with Gasteiger partial charge in [-0.15, -0.1) is 0 Å². The number of hydrogen-bond acceptors (Lipinski definition) is 2. The van der Waals surface area contributed by atoms with Gasteiger partial charge >= 0.3 is 0 Å². The lowest BCUT2D eigenvalue weighted by Crippen LogP contribution is -2.25. The Morgan fingerprint density at radius 2 is 2.12 bits per heavy atom. The van der Waals surface area contributed by atoms with Crippen LogP contribution < -0.4 is 0 Å². The Bertz CT molecular complexity index is 520. The number of benzene rings is 1. The van der Waals surface area contributed by atoms with Crippen LogP contribution in [0, 0.1) is 5.82 Å². The van der Waals surface area contributed by atoms with Crippen LogP contribution >= 0.6 is 0 Å². The van der Waals surface area contributed by atoms with E-state index in [0.29, 0.717) is 12.0 Å². The number of rotatable bonds is 3. The number of nitrogens with zero attached hydrogens (tertiary/aromatic N) is 2. The predicted molar refractivity (Wildman–Crippen MR) is 62.9 cm³/mol. The van der Waals surface area contributed by atoms with Gasteiger partial charge in [0.25, 0.3) is 0 Å². The number of hydrogen-bond donors (Lipinski definition) is 1. The monoisotopic (exact) mass is 234 g/mol. The van der Waals surface area contributed by atoms with Gasteiger partial charge in [0, 0.05) is 25.2 Å². The Balaban J connectivity index is 2.27. The van der Waals surface area contributed by atoms with Crippen molar-refractivity contribution < 1.29 is 9.50 Å². The van der Waals surface area contributed by atoms with Crippen LogP contribution in [0.1, 0.15) is 18.1 Å². The fraction of sp³-hybridized carbons (Fsp3) is 0.308. The van der Waals surface area contributed by atoms with Crippen molar-refractivity contribution in [2.24, 2.45) is 7.05 Å². The summed E-state index contributed by atoms with van der Waals surface area (Å²) in [5, 5.41) is 14.4. The van der Waals surface area contributed by atoms with Crippen LogP contribution in [0.2, 0.25) is 0 Å². The molecule has 0 aliphatic rings. The maximum Gasteiger partial charge on any atom is 0.129 e. The molecule has 1 N–H and O–H groups in total. The van der Waals surface area contributed by atoms with Crippen molar-refractivity contribution in [3.8, 4) is 0 Å². The molecule has 3 nitrogen and oxygen atoms in total. The summed E-state index contributed by atoms with van der Waals surface area (Å²) in [6.45, 7) is 1.61. The van der Waals surface area contributed by atoms with Gasteiger partial charge in [0.1, 0.15) is 5.82 Å². The SMILES string of the molecule is Cn1cc(CC(C)(O)c2ccccc2F)cn1. The average Bonchev–Trinajstić information content (AvgIpc) is 2.63. The number of halogens is 1. The third-order valence-corrected chi connectivity index (χ3v) is 2.76. The summed E-state index contributed by atoms with van der Waals surface area (Å²) in [5.41, 5.74) is -0.0430. The van der Waals surface area contributed by atoms with Crippen molar-refractivity contribution >= 4 is 0 Å². The molecule has 0 radical (unpaired) electrons. The van der Waals surface area contributed by atoms with Crippen LogP contribution in [0.5, 0.6) is 0 Å². The third-order valence-electron chi connectivity index (χ3n) is 2.76. The fourth-order valence-corrected chi connectivity index (χ4v) is 1.95. The molecule has 1 aromatic carbocycles. The van der Waals surface area contributed by atoms with E-state index in [1.54, 1.807) is 43.0 Å². The molecule has 2 rings (SSSR count). The van der Waals surface area contributed by atoms with Crippen molar-refractivity contribution in [1.29, 1.82) is 0 Å². The highest BCUT2D eigenvalue weighted by atomic mass is 19.1. The molecule has 1 atom stereocenters. The van der Waals surface area contributed by atoms with Gasteiger partial charge in [0.2, 0.25) is 0 Å². The molecule has 17 heavy (non-hydrogen) atoms. The van der Waals surface area contributed by atoms with Gasteiger partial charge in [0.15, 0.2) is 0 Å². The minimum atomic E-state index is -1.23. The first-order valence-electron chi connectivity index (χ1n) is 5.44. The molecule has 0 bridgehead atoms. The van der Waals surface area contributed by atoms with E-state index in [9.17, 15) is 9.50 Å². The Kier molecular flexibility index (Phi) is 2.98. The molecule has 0 aliphatic carbocycles. The summed E-state index contributed by atoms with van der Waals surface area (Å²) < 4.78 is 15.3. The predicted octanol–water partition coefficient (Wildman–Crippen LogP) is 2.01. The molecule has 2 aromatic rings. The topological polar surface area (TPSA) is 38.0 Å². The van der Waals surface area contributed by atoms with Crippen LogP contribution in [0.15, 0.2) is 36.7 Å². The normalized spacial score (nSPS) is 14.6. The standard InChI is InChI=1S/C13H15FN2O/c1-13(17,7-10-8-15-16(2)9-10)11-5-3-4-6-12(11)14/h3-6,8-9,17H,7H2,1-2H3. The van der Waals surface area contributed by atoms with Gasteiger partial charge in [-0.1, -0.05) is 18.2 Å². The first kappa shape index (κ1) is 11.8. The summed E-state index contributed by atoms with van der Waals surface area (Å²) in [6, 6.07) is 6.29. The molecule has 4 heteroatoms. The van der Waals surface area contributed by atoms with E-state index >= 15 is 0 Å². The Hall–Kier alpha value is -1.68. The van der Waals surface area contributed by atoms with Crippen LogP contribution in [0.25, 0.3) is 0 Å². The second kappa shape index (κ2) is 4.30. The summed E-state index contributed by atoms with van der Waals surface area (Å²) in [6.07, 6.45) is 3.83. The quantitative estimate of drug-likeness (QED) is 0.882. The van der Waals surface area contributed by atoms with E-state index in [4.69, 9.17) is 0 Å². The second-order valence-electron chi connectivity index (χ2n) is 4.45. The van der Waals surface area contributed by atoms with E-state index < -0.39 is 5.60 Å². The Morgan fingerprint density at radius 1 is 1.41 bits per heavy atom. The summed E-state index contributed by atoms with van der Waals surface area (Å²) in [5.74, 6) is -0.388. The van der Waals surface area contributed by atoms with Crippen LogP contribution in [-0.4, -0.2) is 14.9 Å². The van der Waals surface area contributed by atoms with Crippen molar-refractivity contribution in [2.45, 2.75) is 18.9 Å². The average molecular weight is 234 g/mol. The summed E-state index contributed by atoms with van der Waals surface area (Å²) in [7, 11) is 1.81. The molecule has 90 valence electrons. The van der Waals surface area contributed by atoms with Gasteiger partial charge in [-0.2, -0.15) is 5.10 Å². The van der Waals surface area contributed by atoms with E-state index in [1.165, 1.54) is 6.07 Å². The number of aliphatic hydroxyl groups is 1. The van der Waals surface area contributed by atoms with Crippen LogP contribution in [0.4, 0.5) is 4.39 Å². The molecule has 0 saturated heterocycles. The highest BCUT2D eigenvalue weighted by Crippen LogP contribution is 2.27. The Morgan fingerprint density at radius 3 is 2.71 bits per heavy atom. The van der Waals surface area contributed by atoms with Crippen molar-refractivity contribution in [3.63, 3.8) is 0 Å². The largest absolute Gasteiger partial charge is 0.385 e. The van der Waals surface area contributed by atoms with E-state index in [0.717, 1.165) is 5.56 Å². The fourth-order valence-electron chi connectivity index (χ4n) is 1.95. The lowest BCUT2D eigenvalue weighted by atomic mass is 9.90. The van der Waals surface area contributed by atoms with Crippen LogP contribution in [0.3, 0.4) is 0 Å². The smallest absolute Gasteiger partial charge is 0.129 e. The first-order valence-corrected chi connectivity index (χ1v) is 5.44. The molecule has 0 amide bonds. The molecular weight excluding hydrogens is 219 g/mol. The molecule has 1 unspecified atom stereocenters. The zero-order chi connectivity index (χ0) is 12.5. The van der Waals surface area contributed by atoms with Gasteiger partial charge < -0.3 is 5.11 Å². The first-order chi connectivity index (χ1) is 7.99. The lowest BCUT2D eigenvalue weighted by Gasteiger charge is -2.23. The van der Waals surface area contributed by atoms with Crippen molar-refractivity contribution in [2.75, 3.05) is 0 Å². The maximum absolute atomic E-state index is 13.6. The molecule has 0 fully saturated rings. The second-order valence-corrected chi connectivity index (χ2v) is 4.45. The minimum absolute atomic E-state index is 0.309. The third kappa shape index (κ3) is 2.53. The Labute approximate surface area is 99.5 Å². The number of aryl methyl sites for hydroxylation is 1. The molecular formula is C13H15FN2O. The van der Waals surface area contributed by atoms with Gasteiger partial charge in [-0.3, -0.25) is 4.68 Å². The van der Waals surface area contributed by atoms with Gasteiger partial charge in [-0.25, -0.2) is 4.39 Å². The molecule has 1 aromatic heterocycles. The molecule has 0 aliphatic heterocycles. The summed E-state index contributed by atoms with van der Waals surface area (Å²) >= 11 is 0. The van der Waals surface area contributed by atoms with E-state index in [1.807, 2.05) is 6.20 Å². The van der Waals surface area contributed by atoms with E-state index in [2.05, 4.69) is 5.10 Å². The molecule has 1 heterocycles. The zero-order valence-corrected chi connectivity index (χ0v) is 9.89. The van der Waals surface area contributed by atoms with Crippen molar-refractivity contribution in [3.05, 3.63) is 53.6 Å². The van der Waals surface area contributed by atoms with Crippen molar-refractivity contribution in [1.82, 2.24) is 9.78 Å². The summed E-state index contributed by atoms with van der Waals surface area (Å²) in [4.78, 5) is 0. The lowest BCUT2D eigenvalue weighted by molar-refractivity contribution is 0.0538. The molecule has 0 spiro atoms. The highest BCUT2D eigenvalue weighted by Gasteiger charge is 2.27. The van der Waals surface area contributed by atoms with Gasteiger partial charge in [0.05, 0.1) is 11.8 Å². The number of aromatic nitrogens is 2. The van der Waals surface area contributed by atoms with Gasteiger partial charge in [-0.05, 0) is 18.6 Å². The highest BCUT2D eigenvalue weighted by molar-refractivity contribution is 5.26. The zero-order valence-electron chi connectivity index (χ0n) is 9.89. The minimum Gasteiger partial charge on any atom is -0.385 e. The molecule has 0 saturated carbocycles.